The first-order valence-corrected chi connectivity index (χ1v) is 12.5. The van der Waals surface area contributed by atoms with Crippen LogP contribution in [0.3, 0.4) is 0 Å². The molecule has 10 nitrogen and oxygen atoms in total. The number of nitrogens with zero attached hydrogens (tertiary/aromatic N) is 2. The van der Waals surface area contributed by atoms with E-state index < -0.39 is 13.7 Å². The van der Waals surface area contributed by atoms with Crippen molar-refractivity contribution in [2.45, 2.75) is 12.3 Å². The summed E-state index contributed by atoms with van der Waals surface area (Å²) in [6.07, 6.45) is 1.80. The Kier molecular flexibility index (Phi) is 7.06. The summed E-state index contributed by atoms with van der Waals surface area (Å²) in [5.74, 6) is 0.270. The molecule has 2 unspecified atom stereocenters. The lowest BCUT2D eigenvalue weighted by molar-refractivity contribution is 0.180. The van der Waals surface area contributed by atoms with Gasteiger partial charge in [-0.05, 0) is 45.8 Å². The molecular formula is C23H20BrN4O6P. The minimum Gasteiger partial charge on any atom is -0.493 e. The van der Waals surface area contributed by atoms with Gasteiger partial charge in [0.2, 0.25) is 5.88 Å². The number of rotatable bonds is 8. The van der Waals surface area contributed by atoms with Crippen molar-refractivity contribution in [3.8, 4) is 29.4 Å². The lowest BCUT2D eigenvalue weighted by atomic mass is 9.83. The van der Waals surface area contributed by atoms with Gasteiger partial charge in [0.05, 0.1) is 36.6 Å². The third-order valence-corrected chi connectivity index (χ3v) is 7.33. The predicted octanol–water partition coefficient (Wildman–Crippen LogP) is 5.22. The number of nitrogens with two attached hydrogens (primary N) is 1. The van der Waals surface area contributed by atoms with Gasteiger partial charge in [0.15, 0.2) is 11.5 Å². The summed E-state index contributed by atoms with van der Waals surface area (Å²) in [7, 11) is -1.44. The second-order valence-corrected chi connectivity index (χ2v) is 9.90. The van der Waals surface area contributed by atoms with Crippen molar-refractivity contribution in [1.82, 2.24) is 4.98 Å². The number of ether oxygens (including phenoxy) is 2. The summed E-state index contributed by atoms with van der Waals surface area (Å²) in [6.45, 7) is -0.137. The van der Waals surface area contributed by atoms with Gasteiger partial charge in [-0.1, -0.05) is 6.07 Å². The summed E-state index contributed by atoms with van der Waals surface area (Å²) >= 11 is 3.44. The molecule has 12 heteroatoms. The topological polar surface area (TPSA) is 153 Å². The van der Waals surface area contributed by atoms with Crippen molar-refractivity contribution >= 4 is 34.7 Å². The van der Waals surface area contributed by atoms with Crippen molar-refractivity contribution in [2.24, 2.45) is 5.73 Å². The largest absolute Gasteiger partial charge is 0.529 e. The Morgan fingerprint density at radius 1 is 1.26 bits per heavy atom. The van der Waals surface area contributed by atoms with Crippen molar-refractivity contribution in [1.29, 1.82) is 10.5 Å². The fourth-order valence-corrected chi connectivity index (χ4v) is 5.44. The van der Waals surface area contributed by atoms with E-state index in [-0.39, 0.29) is 36.0 Å². The smallest absolute Gasteiger partial charge is 0.493 e. The molecule has 2 heterocycles. The third kappa shape index (κ3) is 4.60. The van der Waals surface area contributed by atoms with Crippen LogP contribution >= 0.6 is 23.8 Å². The SMILES string of the molecule is COc1cc(C2C(C#N)=C(N)Oc3c2ccc2[nH]ccc32)cc(Br)c1OP(=O)(OC)OCCC#N. The Balaban J connectivity index is 1.81. The van der Waals surface area contributed by atoms with Crippen LogP contribution in [-0.4, -0.2) is 25.8 Å². The van der Waals surface area contributed by atoms with Crippen molar-refractivity contribution in [3.63, 3.8) is 0 Å². The van der Waals surface area contributed by atoms with Crippen molar-refractivity contribution in [2.75, 3.05) is 20.8 Å². The lowest BCUT2D eigenvalue weighted by Gasteiger charge is -2.28. The van der Waals surface area contributed by atoms with Gasteiger partial charge in [-0.25, -0.2) is 4.57 Å². The van der Waals surface area contributed by atoms with Crippen molar-refractivity contribution < 1.29 is 27.6 Å². The van der Waals surface area contributed by atoms with Crippen LogP contribution in [0.1, 0.15) is 23.5 Å². The number of methoxy groups -OCH3 is 1. The van der Waals surface area contributed by atoms with Gasteiger partial charge in [-0.3, -0.25) is 9.05 Å². The van der Waals surface area contributed by atoms with Gasteiger partial charge in [0, 0.05) is 29.8 Å². The van der Waals surface area contributed by atoms with E-state index in [0.29, 0.717) is 15.8 Å². The highest BCUT2D eigenvalue weighted by atomic mass is 79.9. The zero-order valence-electron chi connectivity index (χ0n) is 18.7. The van der Waals surface area contributed by atoms with E-state index in [1.807, 2.05) is 24.3 Å². The number of allylic oxidation sites excluding steroid dienone is 1. The minimum absolute atomic E-state index is 0.00360. The fourth-order valence-electron chi connectivity index (χ4n) is 3.82. The highest BCUT2D eigenvalue weighted by molar-refractivity contribution is 9.10. The molecule has 1 aromatic heterocycles. The lowest BCUT2D eigenvalue weighted by Crippen LogP contribution is -2.21. The average Bonchev–Trinajstić information content (AvgIpc) is 3.34. The Morgan fingerprint density at radius 2 is 2.06 bits per heavy atom. The van der Waals surface area contributed by atoms with Crippen molar-refractivity contribution in [3.05, 3.63) is 63.6 Å². The second-order valence-electron chi connectivity index (χ2n) is 7.34. The second kappa shape index (κ2) is 10.0. The molecular weight excluding hydrogens is 539 g/mol. The molecule has 0 saturated carbocycles. The Hall–Kier alpha value is -3.47. The number of H-pyrrole nitrogens is 1. The Bertz CT molecular complexity index is 1450. The molecule has 3 N–H and O–H groups in total. The minimum atomic E-state index is -4.03. The van der Waals surface area contributed by atoms with Crippen LogP contribution < -0.4 is 19.7 Å². The van der Waals surface area contributed by atoms with Crippen LogP contribution in [0.25, 0.3) is 10.9 Å². The molecule has 35 heavy (non-hydrogen) atoms. The van der Waals surface area contributed by atoms with Crippen LogP contribution in [0.5, 0.6) is 17.2 Å². The Morgan fingerprint density at radius 3 is 2.74 bits per heavy atom. The van der Waals surface area contributed by atoms with E-state index >= 15 is 0 Å². The maximum absolute atomic E-state index is 12.9. The Labute approximate surface area is 209 Å². The molecule has 0 fully saturated rings. The number of halogens is 1. The number of aromatic amines is 1. The summed E-state index contributed by atoms with van der Waals surface area (Å²) < 4.78 is 40.4. The summed E-state index contributed by atoms with van der Waals surface area (Å²) in [6, 6.07) is 13.1. The highest BCUT2D eigenvalue weighted by Gasteiger charge is 2.35. The number of phosphoric ester groups is 1. The number of hydrogen-bond acceptors (Lipinski definition) is 9. The normalized spacial score (nSPS) is 16.5. The van der Waals surface area contributed by atoms with Crippen LogP contribution in [0, 0.1) is 22.7 Å². The van der Waals surface area contributed by atoms with Crippen LogP contribution in [0.15, 0.2) is 52.5 Å². The standard InChI is InChI=1S/C23H20BrN4O6P/c1-30-19-11-13(10-17(24)22(19)34-35(29,31-2)32-9-3-7-25)20-15-4-5-18-14(6-8-28-18)21(15)33-23(27)16(20)12-26/h4-6,8,10-11,20,28H,3,9,27H2,1-2H3. The number of nitrogens with one attached hydrogen (secondary N) is 1. The first-order chi connectivity index (χ1) is 16.9. The predicted molar refractivity (Wildman–Crippen MR) is 130 cm³/mol. The van der Waals surface area contributed by atoms with Gasteiger partial charge in [0.1, 0.15) is 17.4 Å². The highest BCUT2D eigenvalue weighted by Crippen LogP contribution is 2.54. The quantitative estimate of drug-likeness (QED) is 0.279. The first kappa shape index (κ1) is 24.6. The molecule has 2 atom stereocenters. The van der Waals surface area contributed by atoms with Gasteiger partial charge in [-0.2, -0.15) is 10.5 Å². The zero-order chi connectivity index (χ0) is 25.2. The first-order valence-electron chi connectivity index (χ1n) is 10.3. The molecule has 180 valence electrons. The van der Waals surface area contributed by atoms with Gasteiger partial charge in [0.25, 0.3) is 0 Å². The molecule has 4 rings (SSSR count). The van der Waals surface area contributed by atoms with Crippen LogP contribution in [0.4, 0.5) is 0 Å². The maximum atomic E-state index is 12.9. The molecule has 1 aliphatic rings. The van der Waals surface area contributed by atoms with E-state index in [9.17, 15) is 9.83 Å². The molecule has 0 amide bonds. The van der Waals surface area contributed by atoms with E-state index in [2.05, 4.69) is 27.0 Å². The van der Waals surface area contributed by atoms with Crippen LogP contribution in [-0.2, 0) is 13.6 Å². The van der Waals surface area contributed by atoms with Gasteiger partial charge in [-0.15, -0.1) is 0 Å². The molecule has 3 aromatic rings. The van der Waals surface area contributed by atoms with Gasteiger partial charge < -0.3 is 24.7 Å². The molecule has 0 radical (unpaired) electrons. The molecule has 0 bridgehead atoms. The number of aromatic nitrogens is 1. The monoisotopic (exact) mass is 558 g/mol. The summed E-state index contributed by atoms with van der Waals surface area (Å²) in [4.78, 5) is 3.13. The van der Waals surface area contributed by atoms with E-state index in [1.165, 1.54) is 14.2 Å². The number of nitriles is 2. The molecule has 0 spiro atoms. The van der Waals surface area contributed by atoms with E-state index in [0.717, 1.165) is 16.5 Å². The average molecular weight is 559 g/mol. The molecule has 2 aromatic carbocycles. The number of phosphoric acid groups is 1. The maximum Gasteiger partial charge on any atom is 0.529 e. The molecule has 0 aliphatic carbocycles. The number of benzene rings is 2. The van der Waals surface area contributed by atoms with E-state index in [4.69, 9.17) is 34.0 Å². The molecule has 0 saturated heterocycles. The fraction of sp³-hybridized carbons (Fsp3) is 0.217. The summed E-state index contributed by atoms with van der Waals surface area (Å²) in [5.41, 5.74) is 8.65. The summed E-state index contributed by atoms with van der Waals surface area (Å²) in [5, 5.41) is 19.4. The molecule has 1 aliphatic heterocycles. The number of fused-ring (bicyclic) bond motifs is 3. The van der Waals surface area contributed by atoms with E-state index in [1.54, 1.807) is 18.3 Å². The third-order valence-electron chi connectivity index (χ3n) is 5.39. The van der Waals surface area contributed by atoms with Crippen LogP contribution in [0.2, 0.25) is 0 Å². The van der Waals surface area contributed by atoms with Gasteiger partial charge >= 0.3 is 7.82 Å². The zero-order valence-corrected chi connectivity index (χ0v) is 21.2. The number of hydrogen-bond donors (Lipinski definition) is 2.